The zero-order valence-electron chi connectivity index (χ0n) is 11.8. The highest BCUT2D eigenvalue weighted by molar-refractivity contribution is 8.01. The van der Waals surface area contributed by atoms with Crippen LogP contribution in [0.15, 0.2) is 16.3 Å². The van der Waals surface area contributed by atoms with Crippen LogP contribution in [0.5, 0.6) is 0 Å². The van der Waals surface area contributed by atoms with Crippen LogP contribution in [-0.2, 0) is 0 Å². The van der Waals surface area contributed by atoms with Crippen molar-refractivity contribution in [1.29, 1.82) is 0 Å². The van der Waals surface area contributed by atoms with Gasteiger partial charge < -0.3 is 14.9 Å². The molecule has 1 saturated heterocycles. The van der Waals surface area contributed by atoms with E-state index >= 15 is 0 Å². The van der Waals surface area contributed by atoms with Gasteiger partial charge in [0.1, 0.15) is 0 Å². The number of rotatable bonds is 6. The lowest BCUT2D eigenvalue weighted by Gasteiger charge is -2.32. The molecule has 0 amide bonds. The van der Waals surface area contributed by atoms with Crippen LogP contribution < -0.4 is 0 Å². The monoisotopic (exact) mass is 300 g/mol. The predicted octanol–water partition coefficient (Wildman–Crippen LogP) is 2.53. The van der Waals surface area contributed by atoms with E-state index in [4.69, 9.17) is 0 Å². The molecule has 1 aromatic heterocycles. The van der Waals surface area contributed by atoms with Gasteiger partial charge in [-0.25, -0.2) is 0 Å². The van der Waals surface area contributed by atoms with Crippen molar-refractivity contribution in [2.45, 2.75) is 23.7 Å². The minimum Gasteiger partial charge on any atom is -0.388 e. The quantitative estimate of drug-likeness (QED) is 0.817. The van der Waals surface area contributed by atoms with E-state index in [0.717, 1.165) is 49.8 Å². The molecule has 1 N–H and O–H groups in total. The fourth-order valence-corrected chi connectivity index (χ4v) is 4.34. The molecule has 2 rings (SSSR count). The van der Waals surface area contributed by atoms with Crippen molar-refractivity contribution in [1.82, 2.24) is 9.80 Å². The Morgan fingerprint density at radius 2 is 2.05 bits per heavy atom. The lowest BCUT2D eigenvalue weighted by atomic mass is 10.2. The number of hydrogen-bond donors (Lipinski definition) is 1. The largest absolute Gasteiger partial charge is 0.388 e. The van der Waals surface area contributed by atoms with E-state index in [1.54, 1.807) is 11.3 Å². The SMILES string of the molecule is CCSc1ccc(C(O)CCN2CCN(C)CC2)s1. The van der Waals surface area contributed by atoms with Crippen LogP contribution >= 0.6 is 23.1 Å². The molecule has 0 bridgehead atoms. The fraction of sp³-hybridized carbons (Fsp3) is 0.714. The van der Waals surface area contributed by atoms with E-state index in [0.29, 0.717) is 0 Å². The van der Waals surface area contributed by atoms with Gasteiger partial charge in [0, 0.05) is 37.6 Å². The molecule has 0 saturated carbocycles. The van der Waals surface area contributed by atoms with Crippen molar-refractivity contribution in [2.24, 2.45) is 0 Å². The highest BCUT2D eigenvalue weighted by Gasteiger charge is 2.16. The summed E-state index contributed by atoms with van der Waals surface area (Å²) >= 11 is 3.59. The van der Waals surface area contributed by atoms with Gasteiger partial charge in [0.2, 0.25) is 0 Å². The first kappa shape index (κ1) is 15.3. The molecule has 108 valence electrons. The van der Waals surface area contributed by atoms with Crippen LogP contribution in [0.25, 0.3) is 0 Å². The van der Waals surface area contributed by atoms with Crippen molar-refractivity contribution in [2.75, 3.05) is 45.5 Å². The molecule has 1 unspecified atom stereocenters. The number of hydrogen-bond acceptors (Lipinski definition) is 5. The molecule has 2 heterocycles. The molecule has 1 aliphatic rings. The van der Waals surface area contributed by atoms with Crippen LogP contribution in [-0.4, -0.2) is 60.4 Å². The van der Waals surface area contributed by atoms with Crippen LogP contribution in [0.4, 0.5) is 0 Å². The average molecular weight is 300 g/mol. The van der Waals surface area contributed by atoms with Crippen LogP contribution in [0.3, 0.4) is 0 Å². The normalized spacial score (nSPS) is 19.7. The molecule has 0 spiro atoms. The summed E-state index contributed by atoms with van der Waals surface area (Å²) in [7, 11) is 2.17. The van der Waals surface area contributed by atoms with Gasteiger partial charge in [-0.1, -0.05) is 6.92 Å². The van der Waals surface area contributed by atoms with E-state index < -0.39 is 0 Å². The number of aliphatic hydroxyl groups is 1. The molecule has 1 aromatic rings. The summed E-state index contributed by atoms with van der Waals surface area (Å²) in [6.45, 7) is 7.71. The summed E-state index contributed by atoms with van der Waals surface area (Å²) in [6.07, 6.45) is 0.552. The number of thioether (sulfide) groups is 1. The highest BCUT2D eigenvalue weighted by Crippen LogP contribution is 2.31. The minimum absolute atomic E-state index is 0.295. The van der Waals surface area contributed by atoms with E-state index in [9.17, 15) is 5.11 Å². The van der Waals surface area contributed by atoms with Crippen molar-refractivity contribution in [3.63, 3.8) is 0 Å². The number of nitrogens with zero attached hydrogens (tertiary/aromatic N) is 2. The van der Waals surface area contributed by atoms with Crippen molar-refractivity contribution < 1.29 is 5.11 Å². The number of aliphatic hydroxyl groups excluding tert-OH is 1. The number of thiophene rings is 1. The second-order valence-corrected chi connectivity index (χ2v) is 7.72. The summed E-state index contributed by atoms with van der Waals surface area (Å²) in [5.74, 6) is 1.09. The molecule has 1 aliphatic heterocycles. The summed E-state index contributed by atoms with van der Waals surface area (Å²) in [5, 5.41) is 10.2. The van der Waals surface area contributed by atoms with Gasteiger partial charge in [0.15, 0.2) is 0 Å². The maximum atomic E-state index is 10.2. The van der Waals surface area contributed by atoms with E-state index in [2.05, 4.69) is 35.9 Å². The van der Waals surface area contributed by atoms with Gasteiger partial charge in [0.25, 0.3) is 0 Å². The average Bonchev–Trinajstić information content (AvgIpc) is 2.87. The van der Waals surface area contributed by atoms with E-state index in [1.807, 2.05) is 11.8 Å². The number of piperazine rings is 1. The first-order valence-electron chi connectivity index (χ1n) is 7.00. The van der Waals surface area contributed by atoms with Crippen molar-refractivity contribution in [3.8, 4) is 0 Å². The molecular formula is C14H24N2OS2. The first-order chi connectivity index (χ1) is 9.19. The first-order valence-corrected chi connectivity index (χ1v) is 8.80. The molecule has 0 aliphatic carbocycles. The summed E-state index contributed by atoms with van der Waals surface area (Å²) in [4.78, 5) is 5.93. The molecular weight excluding hydrogens is 276 g/mol. The van der Waals surface area contributed by atoms with Crippen LogP contribution in [0.1, 0.15) is 24.3 Å². The topological polar surface area (TPSA) is 26.7 Å². The van der Waals surface area contributed by atoms with Gasteiger partial charge in [-0.05, 0) is 31.4 Å². The Kier molecular flexibility index (Phi) is 6.16. The van der Waals surface area contributed by atoms with Crippen molar-refractivity contribution >= 4 is 23.1 Å². The molecule has 1 fully saturated rings. The second kappa shape index (κ2) is 7.64. The molecule has 19 heavy (non-hydrogen) atoms. The summed E-state index contributed by atoms with van der Waals surface area (Å²) in [5.41, 5.74) is 0. The second-order valence-electron chi connectivity index (χ2n) is 5.04. The Hall–Kier alpha value is -0.0700. The molecule has 5 heteroatoms. The zero-order chi connectivity index (χ0) is 13.7. The van der Waals surface area contributed by atoms with Gasteiger partial charge in [0.05, 0.1) is 10.3 Å². The third-order valence-corrected chi connectivity index (χ3v) is 5.83. The third-order valence-electron chi connectivity index (χ3n) is 3.53. The Bertz CT molecular complexity index is 375. The molecule has 0 radical (unpaired) electrons. The lowest BCUT2D eigenvalue weighted by molar-refractivity contribution is 0.114. The number of likely N-dealkylation sites (N-methyl/N-ethyl adjacent to an activating group) is 1. The van der Waals surface area contributed by atoms with E-state index in [-0.39, 0.29) is 6.10 Å². The van der Waals surface area contributed by atoms with Gasteiger partial charge in [-0.15, -0.1) is 23.1 Å². The zero-order valence-corrected chi connectivity index (χ0v) is 13.5. The van der Waals surface area contributed by atoms with Gasteiger partial charge in [-0.2, -0.15) is 0 Å². The maximum absolute atomic E-state index is 10.2. The van der Waals surface area contributed by atoms with Crippen LogP contribution in [0.2, 0.25) is 0 Å². The summed E-state index contributed by atoms with van der Waals surface area (Å²) in [6, 6.07) is 4.21. The predicted molar refractivity (Wildman–Crippen MR) is 84.2 cm³/mol. The van der Waals surface area contributed by atoms with Gasteiger partial charge >= 0.3 is 0 Å². The van der Waals surface area contributed by atoms with Gasteiger partial charge in [-0.3, -0.25) is 0 Å². The standard InChI is InChI=1S/C14H24N2OS2/c1-3-18-14-5-4-13(19-14)12(17)6-7-16-10-8-15(2)9-11-16/h4-5,12,17H,3,6-11H2,1-2H3. The smallest absolute Gasteiger partial charge is 0.0894 e. The van der Waals surface area contributed by atoms with E-state index in [1.165, 1.54) is 4.21 Å². The Balaban J connectivity index is 1.75. The molecule has 0 aromatic carbocycles. The Morgan fingerprint density at radius 3 is 2.74 bits per heavy atom. The highest BCUT2D eigenvalue weighted by atomic mass is 32.2. The third kappa shape index (κ3) is 4.76. The van der Waals surface area contributed by atoms with Crippen LogP contribution in [0, 0.1) is 0 Å². The lowest BCUT2D eigenvalue weighted by Crippen LogP contribution is -2.44. The molecule has 1 atom stereocenters. The van der Waals surface area contributed by atoms with Crippen molar-refractivity contribution in [3.05, 3.63) is 17.0 Å². The Morgan fingerprint density at radius 1 is 1.32 bits per heavy atom. The Labute approximate surface area is 124 Å². The summed E-state index contributed by atoms with van der Waals surface area (Å²) < 4.78 is 1.32. The molecule has 3 nitrogen and oxygen atoms in total. The maximum Gasteiger partial charge on any atom is 0.0894 e. The minimum atomic E-state index is -0.295. The fourth-order valence-electron chi connectivity index (χ4n) is 2.25.